The van der Waals surface area contributed by atoms with Gasteiger partial charge in [-0.05, 0) is 23.9 Å². The maximum Gasteiger partial charge on any atom is 0.208 e. The Labute approximate surface area is 134 Å². The van der Waals surface area contributed by atoms with Gasteiger partial charge in [-0.2, -0.15) is 5.10 Å². The molecule has 2 aromatic rings. The number of nitrogens with zero attached hydrogens (tertiary/aromatic N) is 3. The first kappa shape index (κ1) is 15.7. The fraction of sp³-hybridized carbons (Fsp3) is 0.500. The minimum Gasteiger partial charge on any atom is -0.290 e. The van der Waals surface area contributed by atoms with Crippen LogP contribution in [0, 0.1) is 0 Å². The van der Waals surface area contributed by atoms with E-state index in [-0.39, 0.29) is 6.04 Å². The normalized spacial score (nSPS) is 19.2. The Morgan fingerprint density at radius 2 is 2.32 bits per heavy atom. The third-order valence-corrected chi connectivity index (χ3v) is 5.34. The smallest absolute Gasteiger partial charge is 0.208 e. The van der Waals surface area contributed by atoms with E-state index in [4.69, 9.17) is 0 Å². The van der Waals surface area contributed by atoms with Crippen LogP contribution in [0.5, 0.6) is 0 Å². The van der Waals surface area contributed by atoms with Crippen LogP contribution in [-0.2, 0) is 23.1 Å². The van der Waals surface area contributed by atoms with Crippen molar-refractivity contribution in [3.05, 3.63) is 40.3 Å². The van der Waals surface area contributed by atoms with E-state index < -0.39 is 10.0 Å². The van der Waals surface area contributed by atoms with Gasteiger partial charge in [0.25, 0.3) is 0 Å². The molecule has 0 aliphatic carbocycles. The fourth-order valence-electron chi connectivity index (χ4n) is 2.83. The van der Waals surface area contributed by atoms with E-state index in [1.807, 2.05) is 16.9 Å². The summed E-state index contributed by atoms with van der Waals surface area (Å²) in [5, 5.41) is 6.49. The quantitative estimate of drug-likeness (QED) is 0.864. The Bertz CT molecular complexity index is 709. The molecule has 22 heavy (non-hydrogen) atoms. The van der Waals surface area contributed by atoms with Gasteiger partial charge in [0.2, 0.25) is 10.0 Å². The average molecular weight is 340 g/mol. The number of rotatable bonds is 6. The molecule has 0 saturated carbocycles. The highest BCUT2D eigenvalue weighted by molar-refractivity contribution is 7.88. The first-order valence-corrected chi connectivity index (χ1v) is 10.00. The molecule has 1 atom stereocenters. The first-order chi connectivity index (χ1) is 10.5. The Balaban J connectivity index is 1.66. The maximum absolute atomic E-state index is 11.2. The third kappa shape index (κ3) is 3.95. The summed E-state index contributed by atoms with van der Waals surface area (Å²) in [5.74, 6) is 0. The van der Waals surface area contributed by atoms with E-state index in [0.717, 1.165) is 26.1 Å². The van der Waals surface area contributed by atoms with Crippen molar-refractivity contribution in [2.75, 3.05) is 19.3 Å². The van der Waals surface area contributed by atoms with Gasteiger partial charge in [-0.3, -0.25) is 9.58 Å². The second kappa shape index (κ2) is 6.49. The highest BCUT2D eigenvalue weighted by Crippen LogP contribution is 2.25. The van der Waals surface area contributed by atoms with Gasteiger partial charge in [0.1, 0.15) is 0 Å². The van der Waals surface area contributed by atoms with Crippen LogP contribution >= 0.6 is 11.3 Å². The van der Waals surface area contributed by atoms with Crippen LogP contribution in [0.3, 0.4) is 0 Å². The second-order valence-corrected chi connectivity index (χ2v) is 8.49. The molecule has 0 aromatic carbocycles. The van der Waals surface area contributed by atoms with E-state index in [0.29, 0.717) is 6.54 Å². The summed E-state index contributed by atoms with van der Waals surface area (Å²) < 4.78 is 27.0. The number of thiophene rings is 1. The molecule has 6 nitrogen and oxygen atoms in total. The molecule has 0 amide bonds. The molecule has 3 rings (SSSR count). The molecule has 0 unspecified atom stereocenters. The Kier molecular flexibility index (Phi) is 4.62. The zero-order valence-electron chi connectivity index (χ0n) is 12.5. The molecule has 0 spiro atoms. The minimum absolute atomic E-state index is 0.202. The number of hydrogen-bond donors (Lipinski definition) is 1. The van der Waals surface area contributed by atoms with E-state index in [9.17, 15) is 8.42 Å². The van der Waals surface area contributed by atoms with Crippen LogP contribution in [0.1, 0.15) is 23.0 Å². The SMILES string of the molecule is CS(=O)(=O)NCC[C@H]1CN(Cc2cccs2)Cc2ccnn21. The van der Waals surface area contributed by atoms with Crippen molar-refractivity contribution in [2.45, 2.75) is 25.6 Å². The van der Waals surface area contributed by atoms with Gasteiger partial charge in [-0.1, -0.05) is 6.07 Å². The van der Waals surface area contributed by atoms with E-state index in [1.165, 1.54) is 16.8 Å². The van der Waals surface area contributed by atoms with Gasteiger partial charge >= 0.3 is 0 Å². The van der Waals surface area contributed by atoms with E-state index >= 15 is 0 Å². The molecule has 1 N–H and O–H groups in total. The average Bonchev–Trinajstić information content (AvgIpc) is 3.08. The van der Waals surface area contributed by atoms with Crippen LogP contribution in [0.2, 0.25) is 0 Å². The first-order valence-electron chi connectivity index (χ1n) is 7.23. The van der Waals surface area contributed by atoms with Crippen LogP contribution < -0.4 is 4.72 Å². The van der Waals surface area contributed by atoms with Crippen molar-refractivity contribution in [1.82, 2.24) is 19.4 Å². The van der Waals surface area contributed by atoms with Crippen molar-refractivity contribution in [2.24, 2.45) is 0 Å². The summed E-state index contributed by atoms with van der Waals surface area (Å²) in [4.78, 5) is 3.74. The molecular weight excluding hydrogens is 320 g/mol. The molecule has 120 valence electrons. The zero-order valence-corrected chi connectivity index (χ0v) is 14.1. The molecule has 3 heterocycles. The Hall–Kier alpha value is -1.22. The Morgan fingerprint density at radius 3 is 3.05 bits per heavy atom. The van der Waals surface area contributed by atoms with Crippen LogP contribution in [-0.4, -0.2) is 42.4 Å². The van der Waals surface area contributed by atoms with Gasteiger partial charge < -0.3 is 0 Å². The van der Waals surface area contributed by atoms with Crippen molar-refractivity contribution < 1.29 is 8.42 Å². The highest BCUT2D eigenvalue weighted by Gasteiger charge is 2.25. The largest absolute Gasteiger partial charge is 0.290 e. The van der Waals surface area contributed by atoms with Crippen molar-refractivity contribution in [3.8, 4) is 0 Å². The standard InChI is InChI=1S/C14H20N4O2S2/c1-22(19,20)16-7-5-13-10-17(11-14-3-2-8-21-14)9-12-4-6-15-18(12)13/h2-4,6,8,13,16H,5,7,9-11H2,1H3/t13-/m0/s1. The number of fused-ring (bicyclic) bond motifs is 1. The lowest BCUT2D eigenvalue weighted by Crippen LogP contribution is -2.38. The van der Waals surface area contributed by atoms with E-state index in [1.54, 1.807) is 11.3 Å². The second-order valence-electron chi connectivity index (χ2n) is 5.63. The lowest BCUT2D eigenvalue weighted by Gasteiger charge is -2.33. The van der Waals surface area contributed by atoms with Gasteiger partial charge in [-0.25, -0.2) is 13.1 Å². The number of hydrogen-bond acceptors (Lipinski definition) is 5. The fourth-order valence-corrected chi connectivity index (χ4v) is 4.07. The number of sulfonamides is 1. The molecule has 0 bridgehead atoms. The zero-order chi connectivity index (χ0) is 15.6. The number of nitrogens with one attached hydrogen (secondary N) is 1. The van der Waals surface area contributed by atoms with Crippen LogP contribution in [0.15, 0.2) is 29.8 Å². The molecule has 1 aliphatic rings. The van der Waals surface area contributed by atoms with Gasteiger partial charge in [-0.15, -0.1) is 11.3 Å². The van der Waals surface area contributed by atoms with Crippen molar-refractivity contribution >= 4 is 21.4 Å². The Morgan fingerprint density at radius 1 is 1.45 bits per heavy atom. The molecule has 2 aromatic heterocycles. The third-order valence-electron chi connectivity index (χ3n) is 3.75. The van der Waals surface area contributed by atoms with Crippen molar-refractivity contribution in [1.29, 1.82) is 0 Å². The highest BCUT2D eigenvalue weighted by atomic mass is 32.2. The van der Waals surface area contributed by atoms with Crippen LogP contribution in [0.25, 0.3) is 0 Å². The molecule has 0 fully saturated rings. The van der Waals surface area contributed by atoms with Gasteiger partial charge in [0.05, 0.1) is 18.0 Å². The van der Waals surface area contributed by atoms with E-state index in [2.05, 4.69) is 32.2 Å². The number of aromatic nitrogens is 2. The minimum atomic E-state index is -3.14. The summed E-state index contributed by atoms with van der Waals surface area (Å²) in [6.45, 7) is 3.14. The monoisotopic (exact) mass is 340 g/mol. The maximum atomic E-state index is 11.2. The molecule has 0 radical (unpaired) electrons. The van der Waals surface area contributed by atoms with Crippen molar-refractivity contribution in [3.63, 3.8) is 0 Å². The molecular formula is C14H20N4O2S2. The topological polar surface area (TPSA) is 67.2 Å². The van der Waals surface area contributed by atoms with Crippen LogP contribution in [0.4, 0.5) is 0 Å². The summed E-state index contributed by atoms with van der Waals surface area (Å²) in [6, 6.07) is 6.46. The van der Waals surface area contributed by atoms with Gasteiger partial charge in [0, 0.05) is 37.3 Å². The summed E-state index contributed by atoms with van der Waals surface area (Å²) >= 11 is 1.77. The predicted octanol–water partition coefficient (Wildman–Crippen LogP) is 1.44. The summed E-state index contributed by atoms with van der Waals surface area (Å²) in [5.41, 5.74) is 1.19. The van der Waals surface area contributed by atoms with Gasteiger partial charge in [0.15, 0.2) is 0 Å². The lowest BCUT2D eigenvalue weighted by molar-refractivity contribution is 0.163. The lowest BCUT2D eigenvalue weighted by atomic mass is 10.1. The summed E-state index contributed by atoms with van der Waals surface area (Å²) in [7, 11) is -3.14. The predicted molar refractivity (Wildman–Crippen MR) is 87.2 cm³/mol. The molecule has 1 aliphatic heterocycles. The molecule has 8 heteroatoms. The summed E-state index contributed by atoms with van der Waals surface area (Å²) in [6.07, 6.45) is 3.75. The molecule has 0 saturated heterocycles.